The first-order valence-corrected chi connectivity index (χ1v) is 21.7. The van der Waals surface area contributed by atoms with E-state index in [1.807, 2.05) is 13.8 Å². The number of hydrogen-bond donors (Lipinski definition) is 0. The summed E-state index contributed by atoms with van der Waals surface area (Å²) in [5.74, 6) is -0.990. The molecule has 326 valence electrons. The van der Waals surface area contributed by atoms with Crippen molar-refractivity contribution >= 4 is 24.0 Å². The van der Waals surface area contributed by atoms with Crippen LogP contribution in [0.1, 0.15) is 169 Å². The van der Waals surface area contributed by atoms with Crippen LogP contribution in [0.25, 0.3) is 0 Å². The van der Waals surface area contributed by atoms with Gasteiger partial charge in [-0.3, -0.25) is 14.5 Å². The minimum Gasteiger partial charge on any atom is -0.466 e. The molecule has 0 aliphatic heterocycles. The van der Waals surface area contributed by atoms with Gasteiger partial charge in [0.2, 0.25) is 0 Å². The second-order valence-corrected chi connectivity index (χ2v) is 14.1. The fourth-order valence-electron chi connectivity index (χ4n) is 5.63. The number of ether oxygens (including phenoxy) is 5. The SMILES string of the molecule is CC/C=C\CCCCOC(CCC(=O)OCCCC(CCCOC(=O)CCCCCCC(=O)OOC(CC)CC)OC(=O)n1ccnc1)OCCCC/C=C\CC. The minimum atomic E-state index is -0.556. The summed E-state index contributed by atoms with van der Waals surface area (Å²) in [6, 6.07) is 0. The van der Waals surface area contributed by atoms with Crippen LogP contribution < -0.4 is 0 Å². The largest absolute Gasteiger partial charge is 0.466 e. The van der Waals surface area contributed by atoms with Gasteiger partial charge in [0.15, 0.2) is 6.29 Å². The van der Waals surface area contributed by atoms with Crippen LogP contribution in [-0.4, -0.2) is 78.5 Å². The maximum atomic E-state index is 12.7. The molecule has 0 aromatic carbocycles. The zero-order valence-corrected chi connectivity index (χ0v) is 35.5. The van der Waals surface area contributed by atoms with E-state index in [1.165, 1.54) is 23.3 Å². The van der Waals surface area contributed by atoms with Crippen molar-refractivity contribution in [3.05, 3.63) is 43.0 Å². The average molecular weight is 807 g/mol. The van der Waals surface area contributed by atoms with E-state index in [2.05, 4.69) is 43.1 Å². The van der Waals surface area contributed by atoms with Gasteiger partial charge in [0.1, 0.15) is 18.5 Å². The number of carbonyl (C=O) groups is 4. The van der Waals surface area contributed by atoms with Gasteiger partial charge in [-0.05, 0) is 103 Å². The number of imidazole rings is 1. The number of allylic oxidation sites excluding steroid dienone is 4. The van der Waals surface area contributed by atoms with Gasteiger partial charge in [0.25, 0.3) is 0 Å². The molecule has 0 amide bonds. The molecule has 1 rings (SSSR count). The van der Waals surface area contributed by atoms with Crippen molar-refractivity contribution in [3.8, 4) is 0 Å². The Hall–Kier alpha value is -3.55. The normalized spacial score (nSPS) is 12.2. The molecular weight excluding hydrogens is 732 g/mol. The number of carbonyl (C=O) groups excluding carboxylic acids is 4. The molecule has 0 bridgehead atoms. The van der Waals surface area contributed by atoms with E-state index < -0.39 is 18.5 Å². The molecular formula is C44H74N2O11. The lowest BCUT2D eigenvalue weighted by molar-refractivity contribution is -0.298. The van der Waals surface area contributed by atoms with Crippen molar-refractivity contribution < 1.29 is 52.6 Å². The molecule has 1 aromatic heterocycles. The molecule has 0 aliphatic rings. The molecule has 13 nitrogen and oxygen atoms in total. The van der Waals surface area contributed by atoms with E-state index in [1.54, 1.807) is 0 Å². The predicted molar refractivity (Wildman–Crippen MR) is 219 cm³/mol. The Bertz CT molecular complexity index is 1180. The molecule has 0 aliphatic carbocycles. The molecule has 13 heteroatoms. The molecule has 0 fully saturated rings. The lowest BCUT2D eigenvalue weighted by Crippen LogP contribution is -2.23. The van der Waals surface area contributed by atoms with Gasteiger partial charge in [-0.1, -0.05) is 64.8 Å². The van der Waals surface area contributed by atoms with Crippen molar-refractivity contribution in [1.29, 1.82) is 0 Å². The van der Waals surface area contributed by atoms with Crippen molar-refractivity contribution in [2.45, 2.75) is 187 Å². The first-order valence-electron chi connectivity index (χ1n) is 21.7. The third-order valence-electron chi connectivity index (χ3n) is 9.08. The number of nitrogens with zero attached hydrogens (tertiary/aromatic N) is 2. The maximum absolute atomic E-state index is 12.7. The highest BCUT2D eigenvalue weighted by molar-refractivity contribution is 5.70. The van der Waals surface area contributed by atoms with Crippen LogP contribution in [0, 0.1) is 0 Å². The fourth-order valence-corrected chi connectivity index (χ4v) is 5.63. The Labute approximate surface area is 342 Å². The van der Waals surface area contributed by atoms with E-state index in [9.17, 15) is 19.2 Å². The third-order valence-corrected chi connectivity index (χ3v) is 9.08. The van der Waals surface area contributed by atoms with Crippen LogP contribution in [0.3, 0.4) is 0 Å². The first kappa shape index (κ1) is 51.5. The summed E-state index contributed by atoms with van der Waals surface area (Å²) in [7, 11) is 0. The third kappa shape index (κ3) is 30.2. The summed E-state index contributed by atoms with van der Waals surface area (Å²) in [6.07, 6.45) is 27.2. The lowest BCUT2D eigenvalue weighted by Gasteiger charge is -2.19. The van der Waals surface area contributed by atoms with Gasteiger partial charge >= 0.3 is 24.0 Å². The second kappa shape index (κ2) is 36.8. The van der Waals surface area contributed by atoms with E-state index in [-0.39, 0.29) is 50.1 Å². The molecule has 0 spiro atoms. The smallest absolute Gasteiger partial charge is 0.419 e. The Morgan fingerprint density at radius 1 is 0.596 bits per heavy atom. The van der Waals surface area contributed by atoms with Gasteiger partial charge in [-0.15, -0.1) is 0 Å². The topological polar surface area (TPSA) is 151 Å². The van der Waals surface area contributed by atoms with Gasteiger partial charge in [-0.2, -0.15) is 4.89 Å². The van der Waals surface area contributed by atoms with E-state index in [0.717, 1.165) is 77.0 Å². The van der Waals surface area contributed by atoms with Crippen molar-refractivity contribution in [1.82, 2.24) is 9.55 Å². The predicted octanol–water partition coefficient (Wildman–Crippen LogP) is 10.3. The molecule has 0 radical (unpaired) electrons. The summed E-state index contributed by atoms with van der Waals surface area (Å²) in [4.78, 5) is 63.3. The summed E-state index contributed by atoms with van der Waals surface area (Å²) in [5, 5.41) is 0. The standard InChI is InChI=1S/C44H74N2O11/c1-5-9-11-13-17-21-33-53-43(54-34-22-18-14-12-10-6-2)30-29-41(48)52-36-24-26-39(55-44(50)46-32-31-45-37-46)25-23-35-51-40(47)27-19-15-16-20-28-42(49)57-56-38(7-3)8-4/h9-12,31-32,37-39,43H,5-8,13-30,33-36H2,1-4H3/b11-9-,12-10-. The second-order valence-electron chi connectivity index (χ2n) is 14.1. The molecule has 1 heterocycles. The van der Waals surface area contributed by atoms with Crippen LogP contribution in [0.2, 0.25) is 0 Å². The monoisotopic (exact) mass is 807 g/mol. The molecule has 0 saturated carbocycles. The van der Waals surface area contributed by atoms with E-state index >= 15 is 0 Å². The van der Waals surface area contributed by atoms with Crippen LogP contribution >= 0.6 is 0 Å². The zero-order valence-electron chi connectivity index (χ0n) is 35.5. The molecule has 1 unspecified atom stereocenters. The molecule has 0 N–H and O–H groups in total. The Kier molecular flexibility index (Phi) is 33.2. The summed E-state index contributed by atoms with van der Waals surface area (Å²) >= 11 is 0. The van der Waals surface area contributed by atoms with Gasteiger partial charge in [0, 0.05) is 44.9 Å². The van der Waals surface area contributed by atoms with Gasteiger partial charge in [-0.25, -0.2) is 19.1 Å². The zero-order chi connectivity index (χ0) is 41.6. The minimum absolute atomic E-state index is 0.0767. The van der Waals surface area contributed by atoms with Crippen LogP contribution in [0.15, 0.2) is 43.0 Å². The highest BCUT2D eigenvalue weighted by Gasteiger charge is 2.18. The number of aromatic nitrogens is 2. The first-order chi connectivity index (χ1) is 27.8. The van der Waals surface area contributed by atoms with Crippen molar-refractivity contribution in [2.24, 2.45) is 0 Å². The van der Waals surface area contributed by atoms with Crippen molar-refractivity contribution in [3.63, 3.8) is 0 Å². The Morgan fingerprint density at radius 2 is 1.16 bits per heavy atom. The fraction of sp³-hybridized carbons (Fsp3) is 0.750. The summed E-state index contributed by atoms with van der Waals surface area (Å²) in [5.41, 5.74) is 0. The molecule has 1 aromatic rings. The van der Waals surface area contributed by atoms with Crippen LogP contribution in [-0.2, 0) is 47.8 Å². The molecule has 0 saturated heterocycles. The quantitative estimate of drug-likeness (QED) is 0.0120. The van der Waals surface area contributed by atoms with Crippen molar-refractivity contribution in [2.75, 3.05) is 26.4 Å². The van der Waals surface area contributed by atoms with Gasteiger partial charge in [0.05, 0.1) is 19.6 Å². The number of hydrogen-bond acceptors (Lipinski definition) is 12. The van der Waals surface area contributed by atoms with Crippen LogP contribution in [0.5, 0.6) is 0 Å². The van der Waals surface area contributed by atoms with Gasteiger partial charge < -0.3 is 23.7 Å². The maximum Gasteiger partial charge on any atom is 0.419 e. The van der Waals surface area contributed by atoms with E-state index in [4.69, 9.17) is 33.5 Å². The average Bonchev–Trinajstić information content (AvgIpc) is 3.76. The van der Waals surface area contributed by atoms with E-state index in [0.29, 0.717) is 64.6 Å². The summed E-state index contributed by atoms with van der Waals surface area (Å²) < 4.78 is 29.9. The Morgan fingerprint density at radius 3 is 1.68 bits per heavy atom. The number of esters is 2. The highest BCUT2D eigenvalue weighted by Crippen LogP contribution is 2.15. The van der Waals surface area contributed by atoms with Crippen LogP contribution in [0.4, 0.5) is 4.79 Å². The highest BCUT2D eigenvalue weighted by atomic mass is 17.2. The number of unbranched alkanes of at least 4 members (excludes halogenated alkanes) is 7. The number of rotatable bonds is 37. The Balaban J connectivity index is 2.40. The molecule has 57 heavy (non-hydrogen) atoms. The lowest BCUT2D eigenvalue weighted by atomic mass is 10.1. The molecule has 1 atom stereocenters. The summed E-state index contributed by atoms with van der Waals surface area (Å²) in [6.45, 7) is 9.74.